The van der Waals surface area contributed by atoms with Gasteiger partial charge in [-0.3, -0.25) is 4.79 Å². The van der Waals surface area contributed by atoms with E-state index >= 15 is 0 Å². The van der Waals surface area contributed by atoms with E-state index in [1.807, 2.05) is 31.4 Å². The van der Waals surface area contributed by atoms with Gasteiger partial charge in [0.05, 0.1) is 10.6 Å². The molecule has 1 atom stereocenters. The van der Waals surface area contributed by atoms with E-state index in [-0.39, 0.29) is 5.56 Å². The molecule has 126 valence electrons. The molecule has 4 nitrogen and oxygen atoms in total. The van der Waals surface area contributed by atoms with E-state index in [0.717, 1.165) is 10.5 Å². The van der Waals surface area contributed by atoms with Crippen molar-refractivity contribution in [2.75, 3.05) is 11.6 Å². The smallest absolute Gasteiger partial charge is 0.340 e. The number of halogens is 1. The van der Waals surface area contributed by atoms with E-state index < -0.39 is 18.0 Å². The van der Waals surface area contributed by atoms with Crippen LogP contribution < -0.4 is 5.32 Å². The van der Waals surface area contributed by atoms with Gasteiger partial charge >= 0.3 is 5.97 Å². The second kappa shape index (κ2) is 8.22. The highest BCUT2D eigenvalue weighted by Gasteiger charge is 2.21. The van der Waals surface area contributed by atoms with Crippen molar-refractivity contribution in [2.45, 2.75) is 24.8 Å². The molecule has 0 aliphatic carbocycles. The third kappa shape index (κ3) is 4.76. The average molecular weight is 364 g/mol. The number of carbonyl (C=O) groups is 2. The number of benzene rings is 2. The third-order valence-corrected chi connectivity index (χ3v) is 4.42. The zero-order valence-corrected chi connectivity index (χ0v) is 15.2. The fourth-order valence-electron chi connectivity index (χ4n) is 1.95. The van der Waals surface area contributed by atoms with Crippen molar-refractivity contribution in [1.82, 2.24) is 0 Å². The molecule has 2 aromatic carbocycles. The number of hydrogen-bond acceptors (Lipinski definition) is 4. The van der Waals surface area contributed by atoms with Crippen molar-refractivity contribution in [2.24, 2.45) is 0 Å². The van der Waals surface area contributed by atoms with Crippen LogP contribution in [0.3, 0.4) is 0 Å². The molecule has 0 fully saturated rings. The van der Waals surface area contributed by atoms with Gasteiger partial charge in [-0.05, 0) is 50.4 Å². The maximum absolute atomic E-state index is 12.2. The van der Waals surface area contributed by atoms with Crippen molar-refractivity contribution in [3.05, 3.63) is 58.6 Å². The van der Waals surface area contributed by atoms with Gasteiger partial charge in [-0.2, -0.15) is 0 Å². The molecule has 0 saturated carbocycles. The molecule has 0 unspecified atom stereocenters. The molecule has 0 heterocycles. The minimum Gasteiger partial charge on any atom is -0.449 e. The predicted molar refractivity (Wildman–Crippen MR) is 97.9 cm³/mol. The summed E-state index contributed by atoms with van der Waals surface area (Å²) in [5.74, 6) is -1.02. The number of ether oxygens (including phenoxy) is 1. The van der Waals surface area contributed by atoms with E-state index in [0.29, 0.717) is 10.7 Å². The Kier molecular flexibility index (Phi) is 6.29. The van der Waals surface area contributed by atoms with Crippen LogP contribution in [0.25, 0.3) is 0 Å². The molecule has 0 aliphatic heterocycles. The van der Waals surface area contributed by atoms with Gasteiger partial charge in [0.15, 0.2) is 6.10 Å². The van der Waals surface area contributed by atoms with Crippen molar-refractivity contribution in [3.63, 3.8) is 0 Å². The number of anilines is 1. The van der Waals surface area contributed by atoms with E-state index in [9.17, 15) is 9.59 Å². The standard InChI is InChI=1S/C18H18ClNO3S/c1-11-4-6-13(7-5-11)20-17(21)12(2)23-18(22)15-10-14(24-3)8-9-16(15)19/h4-10,12H,1-3H3,(H,20,21)/t12-/m0/s1. The minimum atomic E-state index is -0.937. The number of esters is 1. The first-order valence-electron chi connectivity index (χ1n) is 7.32. The molecule has 0 bridgehead atoms. The molecule has 0 radical (unpaired) electrons. The normalized spacial score (nSPS) is 11.7. The fraction of sp³-hybridized carbons (Fsp3) is 0.222. The molecule has 24 heavy (non-hydrogen) atoms. The van der Waals surface area contributed by atoms with Gasteiger partial charge in [0.2, 0.25) is 0 Å². The number of thioether (sulfide) groups is 1. The molecule has 2 rings (SSSR count). The molecular formula is C18H18ClNO3S. The van der Waals surface area contributed by atoms with Crippen LogP contribution in [0.15, 0.2) is 47.4 Å². The maximum atomic E-state index is 12.2. The molecular weight excluding hydrogens is 346 g/mol. The van der Waals surface area contributed by atoms with Gasteiger partial charge < -0.3 is 10.1 Å². The summed E-state index contributed by atoms with van der Waals surface area (Å²) >= 11 is 7.54. The lowest BCUT2D eigenvalue weighted by Crippen LogP contribution is -2.30. The van der Waals surface area contributed by atoms with Gasteiger partial charge in [0, 0.05) is 10.6 Å². The first kappa shape index (κ1) is 18.4. The lowest BCUT2D eigenvalue weighted by atomic mass is 10.2. The molecule has 2 aromatic rings. The summed E-state index contributed by atoms with van der Waals surface area (Å²) in [6.07, 6.45) is 0.962. The van der Waals surface area contributed by atoms with E-state index in [1.54, 1.807) is 24.3 Å². The molecule has 1 amide bonds. The summed E-state index contributed by atoms with van der Waals surface area (Å²) < 4.78 is 5.23. The zero-order chi connectivity index (χ0) is 17.7. The predicted octanol–water partition coefficient (Wildman–Crippen LogP) is 4.55. The average Bonchev–Trinajstić information content (AvgIpc) is 2.57. The molecule has 0 aromatic heterocycles. The molecule has 0 aliphatic rings. The monoisotopic (exact) mass is 363 g/mol. The summed E-state index contributed by atoms with van der Waals surface area (Å²) in [5.41, 5.74) is 1.99. The van der Waals surface area contributed by atoms with Crippen LogP contribution in [0.4, 0.5) is 5.69 Å². The SMILES string of the molecule is CSc1ccc(Cl)c(C(=O)O[C@@H](C)C(=O)Nc2ccc(C)cc2)c1. The first-order chi connectivity index (χ1) is 11.4. The van der Waals surface area contributed by atoms with Crippen LogP contribution in [-0.4, -0.2) is 24.2 Å². The molecule has 6 heteroatoms. The fourth-order valence-corrected chi connectivity index (χ4v) is 2.58. The largest absolute Gasteiger partial charge is 0.449 e. The van der Waals surface area contributed by atoms with Gasteiger partial charge in [-0.1, -0.05) is 29.3 Å². The van der Waals surface area contributed by atoms with E-state index in [4.69, 9.17) is 16.3 Å². The van der Waals surface area contributed by atoms with Crippen LogP contribution in [0.2, 0.25) is 5.02 Å². The molecule has 0 saturated heterocycles. The van der Waals surface area contributed by atoms with Crippen molar-refractivity contribution >= 4 is 40.9 Å². The Balaban J connectivity index is 2.02. The topological polar surface area (TPSA) is 55.4 Å². The second-order valence-corrected chi connectivity index (χ2v) is 6.54. The van der Waals surface area contributed by atoms with Crippen LogP contribution in [-0.2, 0) is 9.53 Å². The summed E-state index contributed by atoms with van der Waals surface area (Å²) in [4.78, 5) is 25.3. The Hall–Kier alpha value is -1.98. The van der Waals surface area contributed by atoms with Gasteiger partial charge in [-0.25, -0.2) is 4.79 Å². The number of nitrogens with one attached hydrogen (secondary N) is 1. The number of rotatable bonds is 5. The zero-order valence-electron chi connectivity index (χ0n) is 13.6. The van der Waals surface area contributed by atoms with E-state index in [2.05, 4.69) is 5.32 Å². The van der Waals surface area contributed by atoms with Gasteiger partial charge in [0.1, 0.15) is 0 Å². The maximum Gasteiger partial charge on any atom is 0.340 e. The lowest BCUT2D eigenvalue weighted by molar-refractivity contribution is -0.123. The van der Waals surface area contributed by atoms with Gasteiger partial charge in [0.25, 0.3) is 5.91 Å². The van der Waals surface area contributed by atoms with Crippen LogP contribution in [0.1, 0.15) is 22.8 Å². The lowest BCUT2D eigenvalue weighted by Gasteiger charge is -2.14. The van der Waals surface area contributed by atoms with Crippen molar-refractivity contribution in [3.8, 4) is 0 Å². The summed E-state index contributed by atoms with van der Waals surface area (Å²) in [6.45, 7) is 3.48. The number of carbonyl (C=O) groups excluding carboxylic acids is 2. The Morgan fingerprint density at radius 2 is 1.83 bits per heavy atom. The minimum absolute atomic E-state index is 0.249. The quantitative estimate of drug-likeness (QED) is 0.625. The summed E-state index contributed by atoms with van der Waals surface area (Å²) in [7, 11) is 0. The van der Waals surface area contributed by atoms with Crippen LogP contribution >= 0.6 is 23.4 Å². The number of hydrogen-bond donors (Lipinski definition) is 1. The Labute approximate surface area is 150 Å². The second-order valence-electron chi connectivity index (χ2n) is 5.25. The Bertz CT molecular complexity index is 746. The summed E-state index contributed by atoms with van der Waals surface area (Å²) in [6, 6.07) is 12.5. The van der Waals surface area contributed by atoms with Gasteiger partial charge in [-0.15, -0.1) is 11.8 Å². The van der Waals surface area contributed by atoms with Crippen LogP contribution in [0.5, 0.6) is 0 Å². The number of amides is 1. The van der Waals surface area contributed by atoms with E-state index in [1.165, 1.54) is 18.7 Å². The number of aryl methyl sites for hydroxylation is 1. The first-order valence-corrected chi connectivity index (χ1v) is 8.93. The summed E-state index contributed by atoms with van der Waals surface area (Å²) in [5, 5.41) is 3.00. The third-order valence-electron chi connectivity index (χ3n) is 3.37. The molecule has 1 N–H and O–H groups in total. The van der Waals surface area contributed by atoms with Crippen LogP contribution in [0, 0.1) is 6.92 Å². The van der Waals surface area contributed by atoms with Crippen molar-refractivity contribution < 1.29 is 14.3 Å². The Morgan fingerprint density at radius 1 is 1.17 bits per heavy atom. The highest BCUT2D eigenvalue weighted by molar-refractivity contribution is 7.98. The molecule has 0 spiro atoms. The van der Waals surface area contributed by atoms with Crippen molar-refractivity contribution in [1.29, 1.82) is 0 Å². The highest BCUT2D eigenvalue weighted by Crippen LogP contribution is 2.24. The highest BCUT2D eigenvalue weighted by atomic mass is 35.5. The Morgan fingerprint density at radius 3 is 2.46 bits per heavy atom.